The standard InChI is InChI=1S/C23H19FN2O2S/c1-2-14-26-19-13-12-16(24)15-21(19)29-23(26)25-22(27)18-10-6-7-11-20(18)28-17-8-4-3-5-9-17/h3-13,15H,2,14H2,1H3. The Morgan fingerprint density at radius 1 is 1.07 bits per heavy atom. The topological polar surface area (TPSA) is 43.6 Å². The van der Waals surface area contributed by atoms with Gasteiger partial charge in [0.1, 0.15) is 17.3 Å². The Hall–Kier alpha value is -3.25. The molecule has 4 nitrogen and oxygen atoms in total. The van der Waals surface area contributed by atoms with Crippen molar-refractivity contribution in [3.05, 3.63) is 89.0 Å². The number of amides is 1. The minimum Gasteiger partial charge on any atom is -0.457 e. The average molecular weight is 406 g/mol. The molecule has 0 atom stereocenters. The lowest BCUT2D eigenvalue weighted by Crippen LogP contribution is -2.17. The Morgan fingerprint density at radius 2 is 1.83 bits per heavy atom. The Bertz CT molecular complexity index is 1230. The number of para-hydroxylation sites is 2. The number of thiazole rings is 1. The van der Waals surface area contributed by atoms with Crippen LogP contribution >= 0.6 is 11.3 Å². The summed E-state index contributed by atoms with van der Waals surface area (Å²) in [6.07, 6.45) is 0.873. The number of benzene rings is 3. The molecule has 1 amide bonds. The Kier molecular flexibility index (Phi) is 5.53. The lowest BCUT2D eigenvalue weighted by Gasteiger charge is -2.08. The molecule has 4 aromatic rings. The van der Waals surface area contributed by atoms with Gasteiger partial charge in [-0.15, -0.1) is 0 Å². The van der Waals surface area contributed by atoms with Crippen molar-refractivity contribution in [2.75, 3.05) is 0 Å². The highest BCUT2D eigenvalue weighted by atomic mass is 32.1. The molecule has 1 heterocycles. The molecule has 6 heteroatoms. The lowest BCUT2D eigenvalue weighted by atomic mass is 10.2. The molecule has 0 aliphatic carbocycles. The summed E-state index contributed by atoms with van der Waals surface area (Å²) in [6, 6.07) is 21.0. The van der Waals surface area contributed by atoms with Crippen LogP contribution in [0.25, 0.3) is 10.2 Å². The van der Waals surface area contributed by atoms with E-state index in [0.717, 1.165) is 16.6 Å². The molecule has 0 aliphatic heterocycles. The number of halogens is 1. The van der Waals surface area contributed by atoms with E-state index in [-0.39, 0.29) is 5.82 Å². The predicted octanol–water partition coefficient (Wildman–Crippen LogP) is 5.79. The number of aromatic nitrogens is 1. The number of nitrogens with zero attached hydrogens (tertiary/aromatic N) is 2. The van der Waals surface area contributed by atoms with Crippen LogP contribution in [0.4, 0.5) is 4.39 Å². The molecule has 0 bridgehead atoms. The number of aryl methyl sites for hydroxylation is 1. The molecule has 0 aliphatic rings. The fourth-order valence-electron chi connectivity index (χ4n) is 3.07. The van der Waals surface area contributed by atoms with E-state index in [2.05, 4.69) is 11.9 Å². The minimum absolute atomic E-state index is 0.304. The van der Waals surface area contributed by atoms with Gasteiger partial charge in [-0.1, -0.05) is 48.6 Å². The number of rotatable bonds is 5. The van der Waals surface area contributed by atoms with E-state index in [4.69, 9.17) is 4.74 Å². The second-order valence-electron chi connectivity index (χ2n) is 6.48. The molecule has 0 fully saturated rings. The molecule has 0 N–H and O–H groups in total. The summed E-state index contributed by atoms with van der Waals surface area (Å²) in [7, 11) is 0. The van der Waals surface area contributed by atoms with E-state index >= 15 is 0 Å². The van der Waals surface area contributed by atoms with Gasteiger partial charge in [-0.25, -0.2) is 4.39 Å². The van der Waals surface area contributed by atoms with Gasteiger partial charge in [-0.2, -0.15) is 4.99 Å². The number of fused-ring (bicyclic) bond motifs is 1. The number of hydrogen-bond donors (Lipinski definition) is 0. The zero-order chi connectivity index (χ0) is 20.2. The average Bonchev–Trinajstić information content (AvgIpc) is 3.05. The molecule has 0 radical (unpaired) electrons. The molecule has 1 aromatic heterocycles. The van der Waals surface area contributed by atoms with Gasteiger partial charge in [-0.3, -0.25) is 4.79 Å². The van der Waals surface area contributed by atoms with Crippen molar-refractivity contribution in [1.29, 1.82) is 0 Å². The largest absolute Gasteiger partial charge is 0.457 e. The van der Waals surface area contributed by atoms with Gasteiger partial charge in [0.15, 0.2) is 4.80 Å². The van der Waals surface area contributed by atoms with Crippen molar-refractivity contribution in [1.82, 2.24) is 4.57 Å². The van der Waals surface area contributed by atoms with E-state index < -0.39 is 5.91 Å². The van der Waals surface area contributed by atoms with E-state index in [1.807, 2.05) is 41.0 Å². The molecular formula is C23H19FN2O2S. The van der Waals surface area contributed by atoms with Crippen LogP contribution in [-0.4, -0.2) is 10.5 Å². The Morgan fingerprint density at radius 3 is 2.62 bits per heavy atom. The number of hydrogen-bond acceptors (Lipinski definition) is 3. The lowest BCUT2D eigenvalue weighted by molar-refractivity contribution is 0.0995. The first kappa shape index (κ1) is 19.1. The number of ether oxygens (including phenoxy) is 1. The maximum atomic E-state index is 13.6. The molecule has 4 rings (SSSR count). The molecule has 0 saturated heterocycles. The summed E-state index contributed by atoms with van der Waals surface area (Å²) in [5.74, 6) is 0.392. The summed E-state index contributed by atoms with van der Waals surface area (Å²) >= 11 is 1.31. The van der Waals surface area contributed by atoms with Crippen molar-refractivity contribution < 1.29 is 13.9 Å². The van der Waals surface area contributed by atoms with Gasteiger partial charge >= 0.3 is 0 Å². The van der Waals surface area contributed by atoms with Crippen molar-refractivity contribution in [2.24, 2.45) is 4.99 Å². The smallest absolute Gasteiger partial charge is 0.283 e. The second-order valence-corrected chi connectivity index (χ2v) is 7.49. The van der Waals surface area contributed by atoms with Crippen LogP contribution in [0.3, 0.4) is 0 Å². The molecule has 29 heavy (non-hydrogen) atoms. The molecule has 0 saturated carbocycles. The SMILES string of the molecule is CCCn1c(=NC(=O)c2ccccc2Oc2ccccc2)sc2cc(F)ccc21. The van der Waals surface area contributed by atoms with Crippen molar-refractivity contribution in [2.45, 2.75) is 19.9 Å². The molecular weight excluding hydrogens is 387 g/mol. The molecule has 0 spiro atoms. The van der Waals surface area contributed by atoms with E-state index in [9.17, 15) is 9.18 Å². The highest BCUT2D eigenvalue weighted by Crippen LogP contribution is 2.26. The first-order valence-electron chi connectivity index (χ1n) is 9.35. The van der Waals surface area contributed by atoms with Crippen LogP contribution in [0.5, 0.6) is 11.5 Å². The minimum atomic E-state index is -0.395. The van der Waals surface area contributed by atoms with Crippen molar-refractivity contribution >= 4 is 27.5 Å². The quantitative estimate of drug-likeness (QED) is 0.421. The van der Waals surface area contributed by atoms with Crippen LogP contribution in [0.1, 0.15) is 23.7 Å². The maximum Gasteiger partial charge on any atom is 0.283 e. The monoisotopic (exact) mass is 406 g/mol. The third-order valence-corrected chi connectivity index (χ3v) is 5.42. The van der Waals surface area contributed by atoms with Crippen LogP contribution in [-0.2, 0) is 6.54 Å². The van der Waals surface area contributed by atoms with Crippen molar-refractivity contribution in [3.8, 4) is 11.5 Å². The van der Waals surface area contributed by atoms with E-state index in [1.165, 1.54) is 23.5 Å². The summed E-state index contributed by atoms with van der Waals surface area (Å²) in [4.78, 5) is 17.9. The van der Waals surface area contributed by atoms with Crippen molar-refractivity contribution in [3.63, 3.8) is 0 Å². The van der Waals surface area contributed by atoms with E-state index in [1.54, 1.807) is 24.3 Å². The third kappa shape index (κ3) is 4.12. The van der Waals surface area contributed by atoms with Crippen LogP contribution in [0.2, 0.25) is 0 Å². The van der Waals surface area contributed by atoms with Gasteiger partial charge in [0.05, 0.1) is 15.8 Å². The van der Waals surface area contributed by atoms with Crippen LogP contribution in [0.15, 0.2) is 77.8 Å². The second kappa shape index (κ2) is 8.41. The highest BCUT2D eigenvalue weighted by Gasteiger charge is 2.14. The predicted molar refractivity (Wildman–Crippen MR) is 113 cm³/mol. The van der Waals surface area contributed by atoms with Gasteiger partial charge in [0.2, 0.25) is 0 Å². The molecule has 146 valence electrons. The zero-order valence-electron chi connectivity index (χ0n) is 15.8. The zero-order valence-corrected chi connectivity index (χ0v) is 16.7. The fourth-order valence-corrected chi connectivity index (χ4v) is 4.15. The van der Waals surface area contributed by atoms with Gasteiger partial charge in [0, 0.05) is 6.54 Å². The van der Waals surface area contributed by atoms with Gasteiger partial charge in [0.25, 0.3) is 5.91 Å². The molecule has 0 unspecified atom stereocenters. The fraction of sp³-hybridized carbons (Fsp3) is 0.130. The normalized spacial score (nSPS) is 11.7. The first-order valence-corrected chi connectivity index (χ1v) is 10.2. The summed E-state index contributed by atoms with van der Waals surface area (Å²) in [6.45, 7) is 2.74. The Labute approximate surface area is 171 Å². The first-order chi connectivity index (χ1) is 14.2. The Balaban J connectivity index is 1.76. The van der Waals surface area contributed by atoms with Crippen LogP contribution in [0, 0.1) is 5.82 Å². The molecule has 3 aromatic carbocycles. The maximum absolute atomic E-state index is 13.6. The van der Waals surface area contributed by atoms with Crippen LogP contribution < -0.4 is 9.54 Å². The summed E-state index contributed by atoms with van der Waals surface area (Å²) in [5, 5.41) is 0. The van der Waals surface area contributed by atoms with Gasteiger partial charge < -0.3 is 9.30 Å². The highest BCUT2D eigenvalue weighted by molar-refractivity contribution is 7.16. The number of carbonyl (C=O) groups is 1. The summed E-state index contributed by atoms with van der Waals surface area (Å²) < 4.78 is 22.2. The van der Waals surface area contributed by atoms with Gasteiger partial charge in [-0.05, 0) is 48.9 Å². The summed E-state index contributed by atoms with van der Waals surface area (Å²) in [5.41, 5.74) is 1.25. The van der Waals surface area contributed by atoms with E-state index in [0.29, 0.717) is 28.4 Å². The third-order valence-electron chi connectivity index (χ3n) is 4.38. The number of carbonyl (C=O) groups excluding carboxylic acids is 1.